The van der Waals surface area contributed by atoms with Crippen molar-refractivity contribution < 1.29 is 0 Å². The van der Waals surface area contributed by atoms with Crippen molar-refractivity contribution in [2.75, 3.05) is 12.3 Å². The number of nitrogens with two attached hydrogens (primary N) is 1. The van der Waals surface area contributed by atoms with Crippen molar-refractivity contribution >= 4 is 17.3 Å². The molecular weight excluding hydrogens is 172 g/mol. The number of hydrogen-bond donors (Lipinski definition) is 2. The predicted octanol–water partition coefficient (Wildman–Crippen LogP) is 1.57. The van der Waals surface area contributed by atoms with Crippen LogP contribution in [0.4, 0.5) is 5.69 Å². The van der Waals surface area contributed by atoms with Crippen LogP contribution in [0.2, 0.25) is 5.02 Å². The Morgan fingerprint density at radius 3 is 3.08 bits per heavy atom. The first kappa shape index (κ1) is 7.90. The Morgan fingerprint density at radius 2 is 2.25 bits per heavy atom. The summed E-state index contributed by atoms with van der Waals surface area (Å²) in [5.74, 6) is 0. The molecule has 0 aliphatic carbocycles. The molecule has 2 rings (SSSR count). The Balaban J connectivity index is 2.54. The SMILES string of the molecule is Nc1c(Cl)ccc2c1CCNC2. The molecule has 1 aromatic rings. The van der Waals surface area contributed by atoms with E-state index in [1.54, 1.807) is 0 Å². The lowest BCUT2D eigenvalue weighted by molar-refractivity contribution is 0.645. The second-order valence-electron chi connectivity index (χ2n) is 3.03. The van der Waals surface area contributed by atoms with Crippen LogP contribution in [0.3, 0.4) is 0 Å². The molecule has 0 spiro atoms. The van der Waals surface area contributed by atoms with Gasteiger partial charge in [0.2, 0.25) is 0 Å². The zero-order chi connectivity index (χ0) is 8.55. The van der Waals surface area contributed by atoms with Gasteiger partial charge in [0, 0.05) is 6.54 Å². The number of halogens is 1. The maximum absolute atomic E-state index is 5.90. The van der Waals surface area contributed by atoms with E-state index in [0.717, 1.165) is 25.2 Å². The number of nitrogens with one attached hydrogen (secondary N) is 1. The molecule has 0 saturated carbocycles. The Labute approximate surface area is 76.7 Å². The highest BCUT2D eigenvalue weighted by molar-refractivity contribution is 6.33. The maximum atomic E-state index is 5.90. The fraction of sp³-hybridized carbons (Fsp3) is 0.333. The largest absolute Gasteiger partial charge is 0.397 e. The molecule has 0 fully saturated rings. The lowest BCUT2D eigenvalue weighted by Gasteiger charge is -2.19. The fourth-order valence-electron chi connectivity index (χ4n) is 1.58. The Kier molecular flexibility index (Phi) is 1.95. The van der Waals surface area contributed by atoms with E-state index in [0.29, 0.717) is 5.02 Å². The molecule has 3 heteroatoms. The first-order chi connectivity index (χ1) is 5.79. The summed E-state index contributed by atoms with van der Waals surface area (Å²) >= 11 is 5.90. The van der Waals surface area contributed by atoms with Crippen molar-refractivity contribution in [1.29, 1.82) is 0 Å². The van der Waals surface area contributed by atoms with Gasteiger partial charge < -0.3 is 11.1 Å². The van der Waals surface area contributed by atoms with Gasteiger partial charge in [-0.25, -0.2) is 0 Å². The van der Waals surface area contributed by atoms with Crippen molar-refractivity contribution in [2.24, 2.45) is 0 Å². The highest BCUT2D eigenvalue weighted by atomic mass is 35.5. The molecule has 0 aromatic heterocycles. The highest BCUT2D eigenvalue weighted by Gasteiger charge is 2.12. The van der Waals surface area contributed by atoms with E-state index < -0.39 is 0 Å². The van der Waals surface area contributed by atoms with Gasteiger partial charge in [0.15, 0.2) is 0 Å². The first-order valence-corrected chi connectivity index (χ1v) is 4.43. The number of hydrogen-bond acceptors (Lipinski definition) is 2. The number of rotatable bonds is 0. The zero-order valence-corrected chi connectivity index (χ0v) is 7.49. The van der Waals surface area contributed by atoms with Crippen LogP contribution < -0.4 is 11.1 Å². The van der Waals surface area contributed by atoms with E-state index in [-0.39, 0.29) is 0 Å². The third-order valence-corrected chi connectivity index (χ3v) is 2.60. The van der Waals surface area contributed by atoms with Crippen LogP contribution in [0.15, 0.2) is 12.1 Å². The summed E-state index contributed by atoms with van der Waals surface area (Å²) in [6.07, 6.45) is 0.988. The molecule has 12 heavy (non-hydrogen) atoms. The smallest absolute Gasteiger partial charge is 0.0638 e. The second kappa shape index (κ2) is 2.96. The average Bonchev–Trinajstić information content (AvgIpc) is 2.12. The Hall–Kier alpha value is -0.730. The second-order valence-corrected chi connectivity index (χ2v) is 3.43. The van der Waals surface area contributed by atoms with Crippen LogP contribution in [-0.4, -0.2) is 6.54 Å². The van der Waals surface area contributed by atoms with Crippen molar-refractivity contribution in [3.63, 3.8) is 0 Å². The maximum Gasteiger partial charge on any atom is 0.0638 e. The monoisotopic (exact) mass is 182 g/mol. The molecule has 1 heterocycles. The molecule has 0 unspecified atom stereocenters. The highest BCUT2D eigenvalue weighted by Crippen LogP contribution is 2.27. The van der Waals surface area contributed by atoms with Crippen LogP contribution in [0.5, 0.6) is 0 Å². The summed E-state index contributed by atoms with van der Waals surface area (Å²) in [5.41, 5.74) is 9.11. The quantitative estimate of drug-likeness (QED) is 0.598. The minimum atomic E-state index is 0.677. The van der Waals surface area contributed by atoms with E-state index in [9.17, 15) is 0 Å². The van der Waals surface area contributed by atoms with Crippen molar-refractivity contribution in [1.82, 2.24) is 5.32 Å². The standard InChI is InChI=1S/C9H11ClN2/c10-8-2-1-6-5-12-4-3-7(6)9(8)11/h1-2,12H,3-5,11H2. The van der Waals surface area contributed by atoms with E-state index >= 15 is 0 Å². The minimum Gasteiger partial charge on any atom is -0.397 e. The zero-order valence-electron chi connectivity index (χ0n) is 6.73. The summed E-state index contributed by atoms with van der Waals surface area (Å²) in [5, 5.41) is 3.97. The molecule has 64 valence electrons. The Bertz CT molecular complexity index is 310. The van der Waals surface area contributed by atoms with Crippen LogP contribution in [0.25, 0.3) is 0 Å². The molecule has 0 atom stereocenters. The van der Waals surface area contributed by atoms with Crippen LogP contribution in [0.1, 0.15) is 11.1 Å². The lowest BCUT2D eigenvalue weighted by atomic mass is 9.99. The van der Waals surface area contributed by atoms with E-state index in [4.69, 9.17) is 17.3 Å². The van der Waals surface area contributed by atoms with Crippen LogP contribution in [0, 0.1) is 0 Å². The van der Waals surface area contributed by atoms with E-state index in [2.05, 4.69) is 5.32 Å². The summed E-state index contributed by atoms with van der Waals surface area (Å²) in [6.45, 7) is 1.91. The molecule has 0 radical (unpaired) electrons. The third-order valence-electron chi connectivity index (χ3n) is 2.27. The van der Waals surface area contributed by atoms with Crippen molar-refractivity contribution in [3.8, 4) is 0 Å². The molecular formula is C9H11ClN2. The van der Waals surface area contributed by atoms with Gasteiger partial charge in [0.1, 0.15) is 0 Å². The van der Waals surface area contributed by atoms with Crippen molar-refractivity contribution in [3.05, 3.63) is 28.3 Å². The van der Waals surface area contributed by atoms with Crippen molar-refractivity contribution in [2.45, 2.75) is 13.0 Å². The molecule has 0 amide bonds. The molecule has 1 aliphatic rings. The molecule has 1 aromatic carbocycles. The third kappa shape index (κ3) is 1.17. The summed E-state index contributed by atoms with van der Waals surface area (Å²) in [6, 6.07) is 3.91. The minimum absolute atomic E-state index is 0.677. The molecule has 1 aliphatic heterocycles. The molecule has 0 saturated heterocycles. The number of benzene rings is 1. The summed E-state index contributed by atoms with van der Waals surface area (Å²) in [7, 11) is 0. The van der Waals surface area contributed by atoms with Gasteiger partial charge in [-0.05, 0) is 30.2 Å². The van der Waals surface area contributed by atoms with Crippen LogP contribution in [-0.2, 0) is 13.0 Å². The molecule has 3 N–H and O–H groups in total. The van der Waals surface area contributed by atoms with Gasteiger partial charge in [-0.15, -0.1) is 0 Å². The van der Waals surface area contributed by atoms with Crippen LogP contribution >= 0.6 is 11.6 Å². The summed E-state index contributed by atoms with van der Waals surface area (Å²) in [4.78, 5) is 0. The van der Waals surface area contributed by atoms with Gasteiger partial charge >= 0.3 is 0 Å². The van der Waals surface area contributed by atoms with E-state index in [1.807, 2.05) is 12.1 Å². The number of fused-ring (bicyclic) bond motifs is 1. The van der Waals surface area contributed by atoms with Gasteiger partial charge in [-0.1, -0.05) is 17.7 Å². The Morgan fingerprint density at radius 1 is 1.42 bits per heavy atom. The lowest BCUT2D eigenvalue weighted by Crippen LogP contribution is -2.24. The van der Waals surface area contributed by atoms with Gasteiger partial charge in [0.25, 0.3) is 0 Å². The van der Waals surface area contributed by atoms with Gasteiger partial charge in [0.05, 0.1) is 10.7 Å². The number of anilines is 1. The van der Waals surface area contributed by atoms with Gasteiger partial charge in [-0.2, -0.15) is 0 Å². The number of nitrogen functional groups attached to an aromatic ring is 1. The fourth-order valence-corrected chi connectivity index (χ4v) is 1.76. The van der Waals surface area contributed by atoms with Gasteiger partial charge in [-0.3, -0.25) is 0 Å². The molecule has 2 nitrogen and oxygen atoms in total. The van der Waals surface area contributed by atoms with E-state index in [1.165, 1.54) is 11.1 Å². The normalized spacial score (nSPS) is 15.8. The first-order valence-electron chi connectivity index (χ1n) is 4.05. The topological polar surface area (TPSA) is 38.0 Å². The molecule has 0 bridgehead atoms. The summed E-state index contributed by atoms with van der Waals surface area (Å²) < 4.78 is 0. The average molecular weight is 183 g/mol. The predicted molar refractivity (Wildman–Crippen MR) is 51.3 cm³/mol.